The van der Waals surface area contributed by atoms with Crippen LogP contribution in [0.15, 0.2) is 72.8 Å². The highest BCUT2D eigenvalue weighted by Crippen LogP contribution is 2.19. The van der Waals surface area contributed by atoms with Crippen molar-refractivity contribution in [3.63, 3.8) is 0 Å². The number of carbonyl (C=O) groups is 2. The first-order valence-electron chi connectivity index (χ1n) is 8.70. The van der Waals surface area contributed by atoms with Crippen LogP contribution in [0.4, 0.5) is 10.1 Å². The smallest absolute Gasteiger partial charge is 0.338 e. The van der Waals surface area contributed by atoms with Gasteiger partial charge in [0.05, 0.1) is 11.3 Å². The molecule has 0 aliphatic rings. The monoisotopic (exact) mass is 413 g/mol. The van der Waals surface area contributed by atoms with Crippen LogP contribution in [0.3, 0.4) is 0 Å². The van der Waals surface area contributed by atoms with E-state index in [9.17, 15) is 14.0 Å². The maximum atomic E-state index is 13.6. The van der Waals surface area contributed by atoms with Crippen LogP contribution >= 0.6 is 11.6 Å². The predicted octanol–water partition coefficient (Wildman–Crippen LogP) is 4.85. The van der Waals surface area contributed by atoms with Crippen molar-refractivity contribution in [3.8, 4) is 5.75 Å². The first kappa shape index (κ1) is 20.4. The lowest BCUT2D eigenvalue weighted by atomic mass is 10.2. The topological polar surface area (TPSA) is 64.6 Å². The summed E-state index contributed by atoms with van der Waals surface area (Å²) >= 11 is 5.76. The molecule has 0 saturated heterocycles. The average Bonchev–Trinajstić information content (AvgIpc) is 2.74. The molecular formula is C22H17ClFNO4. The van der Waals surface area contributed by atoms with E-state index in [2.05, 4.69) is 5.32 Å². The fourth-order valence-electron chi connectivity index (χ4n) is 2.42. The molecule has 0 saturated carbocycles. The van der Waals surface area contributed by atoms with E-state index in [1.807, 2.05) is 30.3 Å². The first-order chi connectivity index (χ1) is 14.0. The van der Waals surface area contributed by atoms with Crippen molar-refractivity contribution in [1.82, 2.24) is 0 Å². The molecule has 5 nitrogen and oxygen atoms in total. The molecule has 29 heavy (non-hydrogen) atoms. The molecule has 0 spiro atoms. The fraction of sp³-hybridized carbons (Fsp3) is 0.0909. The first-order valence-corrected chi connectivity index (χ1v) is 9.08. The molecule has 7 heteroatoms. The highest BCUT2D eigenvalue weighted by molar-refractivity contribution is 6.30. The third kappa shape index (κ3) is 6.05. The lowest BCUT2D eigenvalue weighted by Crippen LogP contribution is -2.21. The van der Waals surface area contributed by atoms with Crippen molar-refractivity contribution >= 4 is 29.2 Å². The largest absolute Gasteiger partial charge is 0.489 e. The summed E-state index contributed by atoms with van der Waals surface area (Å²) in [5.41, 5.74) is 1.20. The lowest BCUT2D eigenvalue weighted by molar-refractivity contribution is -0.119. The fourth-order valence-corrected chi connectivity index (χ4v) is 2.59. The van der Waals surface area contributed by atoms with Crippen LogP contribution in [0.1, 0.15) is 15.9 Å². The Morgan fingerprint density at radius 3 is 2.41 bits per heavy atom. The molecule has 3 rings (SSSR count). The molecular weight excluding hydrogens is 397 g/mol. The Bertz CT molecular complexity index is 993. The van der Waals surface area contributed by atoms with E-state index in [4.69, 9.17) is 21.1 Å². The zero-order chi connectivity index (χ0) is 20.6. The summed E-state index contributed by atoms with van der Waals surface area (Å²) in [7, 11) is 0. The third-order valence-corrected chi connectivity index (χ3v) is 4.11. The van der Waals surface area contributed by atoms with Gasteiger partial charge in [0.15, 0.2) is 6.61 Å². The maximum Gasteiger partial charge on any atom is 0.338 e. The quantitative estimate of drug-likeness (QED) is 0.562. The maximum absolute atomic E-state index is 13.6. The Hall–Kier alpha value is -3.38. The number of benzene rings is 3. The van der Waals surface area contributed by atoms with Crippen molar-refractivity contribution < 1.29 is 23.5 Å². The lowest BCUT2D eigenvalue weighted by Gasteiger charge is -2.09. The number of ether oxygens (including phenoxy) is 2. The van der Waals surface area contributed by atoms with Gasteiger partial charge in [-0.15, -0.1) is 0 Å². The average molecular weight is 414 g/mol. The second kappa shape index (κ2) is 9.71. The number of carbonyl (C=O) groups excluding carboxylic acids is 2. The van der Waals surface area contributed by atoms with Gasteiger partial charge in [0.2, 0.25) is 0 Å². The number of hydrogen-bond acceptors (Lipinski definition) is 4. The second-order valence-electron chi connectivity index (χ2n) is 6.05. The number of esters is 1. The molecule has 0 aliphatic heterocycles. The highest BCUT2D eigenvalue weighted by atomic mass is 35.5. The number of nitrogens with one attached hydrogen (secondary N) is 1. The van der Waals surface area contributed by atoms with Crippen LogP contribution in [-0.4, -0.2) is 18.5 Å². The molecule has 3 aromatic carbocycles. The Kier molecular flexibility index (Phi) is 6.81. The van der Waals surface area contributed by atoms with Crippen LogP contribution < -0.4 is 10.1 Å². The number of amides is 1. The minimum atomic E-state index is -0.679. The minimum absolute atomic E-state index is 0.0848. The number of halogens is 2. The molecule has 3 aromatic rings. The van der Waals surface area contributed by atoms with Crippen molar-refractivity contribution in [3.05, 3.63) is 94.8 Å². The van der Waals surface area contributed by atoms with E-state index < -0.39 is 24.3 Å². The van der Waals surface area contributed by atoms with Crippen LogP contribution in [0.25, 0.3) is 0 Å². The van der Waals surface area contributed by atoms with E-state index in [0.29, 0.717) is 12.4 Å². The van der Waals surface area contributed by atoms with Gasteiger partial charge in [-0.3, -0.25) is 4.79 Å². The molecule has 0 aliphatic carbocycles. The molecule has 1 N–H and O–H groups in total. The van der Waals surface area contributed by atoms with E-state index >= 15 is 0 Å². The minimum Gasteiger partial charge on any atom is -0.489 e. The zero-order valence-corrected chi connectivity index (χ0v) is 16.0. The van der Waals surface area contributed by atoms with Crippen molar-refractivity contribution in [2.75, 3.05) is 11.9 Å². The molecule has 0 aromatic heterocycles. The summed E-state index contributed by atoms with van der Waals surface area (Å²) in [4.78, 5) is 23.9. The number of rotatable bonds is 7. The van der Waals surface area contributed by atoms with Gasteiger partial charge in [-0.05, 0) is 48.0 Å². The normalized spacial score (nSPS) is 10.3. The number of hydrogen-bond donors (Lipinski definition) is 1. The Morgan fingerprint density at radius 2 is 1.69 bits per heavy atom. The zero-order valence-electron chi connectivity index (χ0n) is 15.2. The molecule has 1 amide bonds. The molecule has 0 fully saturated rings. The van der Waals surface area contributed by atoms with Gasteiger partial charge in [-0.25, -0.2) is 9.18 Å². The molecule has 0 atom stereocenters. The Labute approximate surface area is 172 Å². The highest BCUT2D eigenvalue weighted by Gasteiger charge is 2.12. The summed E-state index contributed by atoms with van der Waals surface area (Å²) in [6, 6.07) is 19.8. The van der Waals surface area contributed by atoms with Crippen molar-refractivity contribution in [2.45, 2.75) is 6.61 Å². The van der Waals surface area contributed by atoms with Gasteiger partial charge in [0, 0.05) is 5.02 Å². The van der Waals surface area contributed by atoms with Crippen LogP contribution in [-0.2, 0) is 16.1 Å². The van der Waals surface area contributed by atoms with Gasteiger partial charge in [-0.2, -0.15) is 0 Å². The van der Waals surface area contributed by atoms with Gasteiger partial charge in [-0.1, -0.05) is 41.9 Å². The standard InChI is InChI=1S/C22H17ClFNO4/c23-17-8-11-19(24)20(12-17)25-21(26)14-29-22(27)16-6-9-18(10-7-16)28-13-15-4-2-1-3-5-15/h1-12H,13-14H2,(H,25,26). The van der Waals surface area contributed by atoms with Crippen molar-refractivity contribution in [1.29, 1.82) is 0 Å². The van der Waals surface area contributed by atoms with Crippen LogP contribution in [0.2, 0.25) is 5.02 Å². The summed E-state index contributed by atoms with van der Waals surface area (Å²) in [5.74, 6) is -1.40. The second-order valence-corrected chi connectivity index (χ2v) is 6.48. The molecule has 0 unspecified atom stereocenters. The predicted molar refractivity (Wildman–Crippen MR) is 108 cm³/mol. The van der Waals surface area contributed by atoms with E-state index in [1.54, 1.807) is 12.1 Å². The van der Waals surface area contributed by atoms with E-state index in [0.717, 1.165) is 11.6 Å². The SMILES string of the molecule is O=C(COC(=O)c1ccc(OCc2ccccc2)cc1)Nc1cc(Cl)ccc1F. The van der Waals surface area contributed by atoms with Crippen LogP contribution in [0, 0.1) is 5.82 Å². The van der Waals surface area contributed by atoms with Gasteiger partial charge < -0.3 is 14.8 Å². The van der Waals surface area contributed by atoms with Crippen LogP contribution in [0.5, 0.6) is 5.75 Å². The summed E-state index contributed by atoms with van der Waals surface area (Å²) in [6.45, 7) is -0.151. The van der Waals surface area contributed by atoms with Gasteiger partial charge in [0.1, 0.15) is 18.2 Å². The van der Waals surface area contributed by atoms with Gasteiger partial charge >= 0.3 is 5.97 Å². The number of anilines is 1. The third-order valence-electron chi connectivity index (χ3n) is 3.88. The Balaban J connectivity index is 1.48. The summed E-state index contributed by atoms with van der Waals surface area (Å²) in [6.07, 6.45) is 0. The Morgan fingerprint density at radius 1 is 0.966 bits per heavy atom. The summed E-state index contributed by atoms with van der Waals surface area (Å²) in [5, 5.41) is 2.58. The molecule has 0 heterocycles. The van der Waals surface area contributed by atoms with Gasteiger partial charge in [0.25, 0.3) is 5.91 Å². The molecule has 148 valence electrons. The van der Waals surface area contributed by atoms with E-state index in [-0.39, 0.29) is 16.3 Å². The van der Waals surface area contributed by atoms with Crippen molar-refractivity contribution in [2.24, 2.45) is 0 Å². The summed E-state index contributed by atoms with van der Waals surface area (Å²) < 4.78 is 24.2. The van der Waals surface area contributed by atoms with E-state index in [1.165, 1.54) is 24.3 Å². The molecule has 0 bridgehead atoms. The molecule has 0 radical (unpaired) electrons.